The van der Waals surface area contributed by atoms with E-state index in [1.807, 2.05) is 0 Å². The summed E-state index contributed by atoms with van der Waals surface area (Å²) in [6.07, 6.45) is 3.03. The normalized spacial score (nSPS) is 10.8. The lowest BCUT2D eigenvalue weighted by molar-refractivity contribution is 0.617. The molecule has 0 aliphatic carbocycles. The van der Waals surface area contributed by atoms with E-state index in [0.717, 1.165) is 0 Å². The molecule has 0 amide bonds. The van der Waals surface area contributed by atoms with Crippen LogP contribution in [0.3, 0.4) is 0 Å². The van der Waals surface area contributed by atoms with Crippen molar-refractivity contribution < 1.29 is 8.78 Å². The van der Waals surface area contributed by atoms with Crippen molar-refractivity contribution in [1.82, 2.24) is 9.97 Å². The number of nitrogens with zero attached hydrogens (tertiary/aromatic N) is 2. The number of hydrogen-bond acceptors (Lipinski definition) is 3. The molecule has 0 saturated heterocycles. The smallest absolute Gasteiger partial charge is 0.168 e. The number of nitrogens with one attached hydrogen (secondary N) is 1. The lowest BCUT2D eigenvalue weighted by atomic mass is 10.2. The highest BCUT2D eigenvalue weighted by atomic mass is 19.1. The first kappa shape index (κ1) is 12.5. The average Bonchev–Trinajstić information content (AvgIpc) is 2.44. The lowest BCUT2D eigenvalue weighted by Gasteiger charge is -2.09. The number of rotatable bonds is 2. The number of aryl methyl sites for hydroxylation is 1. The minimum Gasteiger partial charge on any atom is -0.338 e. The van der Waals surface area contributed by atoms with Crippen LogP contribution in [0.25, 0.3) is 10.9 Å². The molecule has 3 nitrogen and oxygen atoms in total. The van der Waals surface area contributed by atoms with Crippen molar-refractivity contribution in [3.8, 4) is 0 Å². The molecule has 3 aromatic rings. The second-order valence-electron chi connectivity index (χ2n) is 4.45. The summed E-state index contributed by atoms with van der Waals surface area (Å²) in [6, 6.07) is 8.02. The maximum Gasteiger partial charge on any atom is 0.168 e. The molecule has 0 saturated carbocycles. The molecule has 0 fully saturated rings. The Balaban J connectivity index is 2.05. The molecule has 1 N–H and O–H groups in total. The third-order valence-corrected chi connectivity index (χ3v) is 3.00. The third-order valence-electron chi connectivity index (χ3n) is 3.00. The quantitative estimate of drug-likeness (QED) is 0.766. The largest absolute Gasteiger partial charge is 0.338 e. The molecule has 0 aliphatic heterocycles. The van der Waals surface area contributed by atoms with Gasteiger partial charge in [-0.05, 0) is 36.8 Å². The summed E-state index contributed by atoms with van der Waals surface area (Å²) < 4.78 is 27.8. The molecule has 20 heavy (non-hydrogen) atoms. The molecule has 1 aromatic carbocycles. The van der Waals surface area contributed by atoms with E-state index in [4.69, 9.17) is 0 Å². The molecular formula is C15H11F2N3. The van der Waals surface area contributed by atoms with Gasteiger partial charge < -0.3 is 5.32 Å². The summed E-state index contributed by atoms with van der Waals surface area (Å²) in [5, 5.41) is 3.43. The number of aromatic nitrogens is 2. The Morgan fingerprint density at radius 3 is 2.75 bits per heavy atom. The zero-order chi connectivity index (χ0) is 14.1. The molecule has 0 aliphatic rings. The number of hydrogen-bond donors (Lipinski definition) is 1. The predicted octanol–water partition coefficient (Wildman–Crippen LogP) is 3.96. The first-order chi connectivity index (χ1) is 9.65. The molecule has 0 radical (unpaired) electrons. The van der Waals surface area contributed by atoms with E-state index in [1.165, 1.54) is 18.5 Å². The van der Waals surface area contributed by atoms with Gasteiger partial charge in [-0.15, -0.1) is 0 Å². The van der Waals surface area contributed by atoms with E-state index in [1.54, 1.807) is 31.2 Å². The van der Waals surface area contributed by atoms with Gasteiger partial charge in [0.05, 0.1) is 0 Å². The SMILES string of the molecule is Cc1ccnc(Nc2cc(F)c3ncccc3c2)c1F. The van der Waals surface area contributed by atoms with Gasteiger partial charge in [0.15, 0.2) is 17.5 Å². The van der Waals surface area contributed by atoms with Gasteiger partial charge >= 0.3 is 0 Å². The summed E-state index contributed by atoms with van der Waals surface area (Å²) in [4.78, 5) is 7.89. The van der Waals surface area contributed by atoms with Crippen LogP contribution in [-0.2, 0) is 0 Å². The van der Waals surface area contributed by atoms with Crippen LogP contribution in [0.5, 0.6) is 0 Å². The van der Waals surface area contributed by atoms with E-state index < -0.39 is 11.6 Å². The Kier molecular flexibility index (Phi) is 3.02. The van der Waals surface area contributed by atoms with Crippen molar-refractivity contribution in [2.75, 3.05) is 5.32 Å². The predicted molar refractivity (Wildman–Crippen MR) is 73.9 cm³/mol. The summed E-state index contributed by atoms with van der Waals surface area (Å²) in [7, 11) is 0. The van der Waals surface area contributed by atoms with Crippen molar-refractivity contribution in [2.45, 2.75) is 6.92 Å². The molecule has 5 heteroatoms. The Hall–Kier alpha value is -2.56. The maximum absolute atomic E-state index is 13.9. The van der Waals surface area contributed by atoms with E-state index >= 15 is 0 Å². The first-order valence-electron chi connectivity index (χ1n) is 6.07. The third kappa shape index (κ3) is 2.18. The van der Waals surface area contributed by atoms with Crippen LogP contribution >= 0.6 is 0 Å². The molecule has 0 atom stereocenters. The highest BCUT2D eigenvalue weighted by Gasteiger charge is 2.09. The number of anilines is 2. The summed E-state index contributed by atoms with van der Waals surface area (Å²) in [5.41, 5.74) is 1.20. The molecule has 0 spiro atoms. The zero-order valence-electron chi connectivity index (χ0n) is 10.7. The molecular weight excluding hydrogens is 260 g/mol. The van der Waals surface area contributed by atoms with E-state index in [0.29, 0.717) is 16.6 Å². The number of fused-ring (bicyclic) bond motifs is 1. The zero-order valence-corrected chi connectivity index (χ0v) is 10.7. The van der Waals surface area contributed by atoms with Gasteiger partial charge in [-0.25, -0.2) is 13.8 Å². The van der Waals surface area contributed by atoms with E-state index in [-0.39, 0.29) is 11.3 Å². The van der Waals surface area contributed by atoms with Crippen molar-refractivity contribution in [3.05, 3.63) is 59.9 Å². The second-order valence-corrected chi connectivity index (χ2v) is 4.45. The number of halogens is 2. The highest BCUT2D eigenvalue weighted by Crippen LogP contribution is 2.24. The fourth-order valence-corrected chi connectivity index (χ4v) is 1.98. The Bertz CT molecular complexity index is 787. The highest BCUT2D eigenvalue weighted by molar-refractivity contribution is 5.83. The van der Waals surface area contributed by atoms with Gasteiger partial charge in [-0.3, -0.25) is 4.98 Å². The Morgan fingerprint density at radius 2 is 1.90 bits per heavy atom. The van der Waals surface area contributed by atoms with Crippen LogP contribution in [0, 0.1) is 18.6 Å². The van der Waals surface area contributed by atoms with Crippen LogP contribution in [0.2, 0.25) is 0 Å². The van der Waals surface area contributed by atoms with Crippen molar-refractivity contribution in [2.24, 2.45) is 0 Å². The fraction of sp³-hybridized carbons (Fsp3) is 0.0667. The average molecular weight is 271 g/mol. The molecule has 0 bridgehead atoms. The molecule has 0 unspecified atom stereocenters. The topological polar surface area (TPSA) is 37.8 Å². The fourth-order valence-electron chi connectivity index (χ4n) is 1.98. The Labute approximate surface area is 114 Å². The van der Waals surface area contributed by atoms with Gasteiger partial charge in [-0.2, -0.15) is 0 Å². The first-order valence-corrected chi connectivity index (χ1v) is 6.07. The van der Waals surface area contributed by atoms with Crippen LogP contribution in [0.1, 0.15) is 5.56 Å². The van der Waals surface area contributed by atoms with Crippen LogP contribution in [0.15, 0.2) is 42.7 Å². The lowest BCUT2D eigenvalue weighted by Crippen LogP contribution is -1.99. The van der Waals surface area contributed by atoms with Gasteiger partial charge in [0.1, 0.15) is 5.52 Å². The van der Waals surface area contributed by atoms with Gasteiger partial charge in [0.25, 0.3) is 0 Å². The summed E-state index contributed by atoms with van der Waals surface area (Å²) in [6.45, 7) is 1.65. The molecule has 100 valence electrons. The van der Waals surface area contributed by atoms with E-state index in [2.05, 4.69) is 15.3 Å². The number of benzene rings is 1. The standard InChI is InChI=1S/C15H11F2N3/c1-9-4-6-19-15(13(9)17)20-11-7-10-3-2-5-18-14(10)12(16)8-11/h2-8H,1H3,(H,19,20). The van der Waals surface area contributed by atoms with Crippen LogP contribution in [0.4, 0.5) is 20.3 Å². The van der Waals surface area contributed by atoms with Gasteiger partial charge in [0.2, 0.25) is 0 Å². The van der Waals surface area contributed by atoms with E-state index in [9.17, 15) is 8.78 Å². The van der Waals surface area contributed by atoms with Crippen molar-refractivity contribution in [1.29, 1.82) is 0 Å². The van der Waals surface area contributed by atoms with Crippen LogP contribution < -0.4 is 5.32 Å². The summed E-state index contributed by atoms with van der Waals surface area (Å²) in [5.74, 6) is -0.828. The van der Waals surface area contributed by atoms with Gasteiger partial charge in [0, 0.05) is 23.5 Å². The minimum atomic E-state index is -0.460. The molecule has 2 heterocycles. The second kappa shape index (κ2) is 4.85. The maximum atomic E-state index is 13.9. The Morgan fingerprint density at radius 1 is 1.05 bits per heavy atom. The number of pyridine rings is 2. The molecule has 3 rings (SSSR count). The monoisotopic (exact) mass is 271 g/mol. The van der Waals surface area contributed by atoms with Crippen LogP contribution in [-0.4, -0.2) is 9.97 Å². The molecule has 2 aromatic heterocycles. The van der Waals surface area contributed by atoms with Crippen molar-refractivity contribution >= 4 is 22.4 Å². The summed E-state index contributed by atoms with van der Waals surface area (Å²) >= 11 is 0. The van der Waals surface area contributed by atoms with Crippen molar-refractivity contribution in [3.63, 3.8) is 0 Å². The minimum absolute atomic E-state index is 0.0765. The van der Waals surface area contributed by atoms with Gasteiger partial charge in [-0.1, -0.05) is 6.07 Å².